The van der Waals surface area contributed by atoms with Crippen LogP contribution in [0.5, 0.6) is 0 Å². The normalized spacial score (nSPS) is 14.1. The van der Waals surface area contributed by atoms with Gasteiger partial charge in [-0.2, -0.15) is 0 Å². The Labute approximate surface area is 122 Å². The predicted molar refractivity (Wildman–Crippen MR) is 85.1 cm³/mol. The van der Waals surface area contributed by atoms with E-state index in [0.717, 1.165) is 13.1 Å². The molecular weight excluding hydrogens is 254 g/mol. The summed E-state index contributed by atoms with van der Waals surface area (Å²) < 4.78 is 0. The van der Waals surface area contributed by atoms with Crippen LogP contribution in [-0.2, 0) is 5.41 Å². The number of aromatic nitrogens is 1. The second-order valence-electron chi connectivity index (χ2n) is 6.55. The maximum absolute atomic E-state index is 4.73. The van der Waals surface area contributed by atoms with Crippen LogP contribution in [0.25, 0.3) is 0 Å². The van der Waals surface area contributed by atoms with Gasteiger partial charge in [0.2, 0.25) is 0 Å². The van der Waals surface area contributed by atoms with E-state index in [1.165, 1.54) is 22.0 Å². The smallest absolute Gasteiger partial charge is 0.0985 e. The van der Waals surface area contributed by atoms with Gasteiger partial charge in [-0.05, 0) is 47.5 Å². The maximum atomic E-state index is 4.73. The molecule has 1 unspecified atom stereocenters. The molecule has 4 heteroatoms. The van der Waals surface area contributed by atoms with Gasteiger partial charge < -0.3 is 10.2 Å². The fraction of sp³-hybridized carbons (Fsp3) is 0.800. The molecule has 0 aliphatic heterocycles. The van der Waals surface area contributed by atoms with Crippen LogP contribution in [0.4, 0.5) is 0 Å². The average molecular weight is 283 g/mol. The summed E-state index contributed by atoms with van der Waals surface area (Å²) in [5.74, 6) is 0. The van der Waals surface area contributed by atoms with Gasteiger partial charge in [0.25, 0.3) is 0 Å². The van der Waals surface area contributed by atoms with E-state index in [-0.39, 0.29) is 5.41 Å². The molecule has 1 atom stereocenters. The van der Waals surface area contributed by atoms with Crippen molar-refractivity contribution < 1.29 is 0 Å². The summed E-state index contributed by atoms with van der Waals surface area (Å²) >= 11 is 1.85. The van der Waals surface area contributed by atoms with Crippen molar-refractivity contribution in [3.8, 4) is 0 Å². The summed E-state index contributed by atoms with van der Waals surface area (Å²) in [6.45, 7) is 13.2. The van der Waals surface area contributed by atoms with Crippen molar-refractivity contribution in [2.45, 2.75) is 52.5 Å². The van der Waals surface area contributed by atoms with Crippen molar-refractivity contribution >= 4 is 11.3 Å². The van der Waals surface area contributed by atoms with Crippen molar-refractivity contribution in [2.24, 2.45) is 0 Å². The van der Waals surface area contributed by atoms with Gasteiger partial charge in [-0.15, -0.1) is 11.3 Å². The van der Waals surface area contributed by atoms with Gasteiger partial charge in [0.1, 0.15) is 0 Å². The number of hydrogen-bond acceptors (Lipinski definition) is 4. The molecule has 0 fully saturated rings. The first kappa shape index (κ1) is 16.6. The first-order valence-electron chi connectivity index (χ1n) is 7.07. The lowest BCUT2D eigenvalue weighted by Gasteiger charge is -2.15. The zero-order chi connectivity index (χ0) is 14.6. The predicted octanol–water partition coefficient (Wildman–Crippen LogP) is 3.35. The molecule has 0 aromatic carbocycles. The van der Waals surface area contributed by atoms with Gasteiger partial charge in [-0.3, -0.25) is 0 Å². The molecule has 19 heavy (non-hydrogen) atoms. The lowest BCUT2D eigenvalue weighted by molar-refractivity contribution is 0.389. The first-order valence-corrected chi connectivity index (χ1v) is 7.89. The molecule has 0 bridgehead atoms. The Bertz CT molecular complexity index is 391. The Hall–Kier alpha value is -0.450. The number of aryl methyl sites for hydroxylation is 1. The van der Waals surface area contributed by atoms with Crippen molar-refractivity contribution in [2.75, 3.05) is 27.2 Å². The van der Waals surface area contributed by atoms with Gasteiger partial charge in [-0.25, -0.2) is 4.98 Å². The Balaban J connectivity index is 2.57. The molecule has 110 valence electrons. The summed E-state index contributed by atoms with van der Waals surface area (Å²) in [6.07, 6.45) is 1.18. The van der Waals surface area contributed by atoms with E-state index in [4.69, 9.17) is 4.98 Å². The van der Waals surface area contributed by atoms with E-state index in [2.05, 4.69) is 58.9 Å². The van der Waals surface area contributed by atoms with Gasteiger partial charge in [0.05, 0.1) is 10.7 Å². The average Bonchev–Trinajstić information content (AvgIpc) is 2.66. The fourth-order valence-corrected chi connectivity index (χ4v) is 3.09. The lowest BCUT2D eigenvalue weighted by Crippen LogP contribution is -2.23. The Morgan fingerprint density at radius 1 is 1.32 bits per heavy atom. The minimum absolute atomic E-state index is 0.151. The molecule has 0 amide bonds. The molecule has 0 aliphatic rings. The van der Waals surface area contributed by atoms with Gasteiger partial charge in [-0.1, -0.05) is 20.8 Å². The second kappa shape index (κ2) is 6.82. The summed E-state index contributed by atoms with van der Waals surface area (Å²) in [7, 11) is 4.23. The van der Waals surface area contributed by atoms with Crippen molar-refractivity contribution in [3.05, 3.63) is 15.6 Å². The van der Waals surface area contributed by atoms with Crippen molar-refractivity contribution in [1.29, 1.82) is 0 Å². The lowest BCUT2D eigenvalue weighted by atomic mass is 9.98. The van der Waals surface area contributed by atoms with E-state index in [9.17, 15) is 0 Å². The second-order valence-corrected chi connectivity index (χ2v) is 7.58. The Kier molecular flexibility index (Phi) is 5.96. The minimum atomic E-state index is 0.151. The van der Waals surface area contributed by atoms with Crippen molar-refractivity contribution in [1.82, 2.24) is 15.2 Å². The van der Waals surface area contributed by atoms with Crippen LogP contribution in [-0.4, -0.2) is 37.1 Å². The molecule has 0 saturated carbocycles. The number of thiazole rings is 1. The van der Waals surface area contributed by atoms with Crippen LogP contribution in [0.1, 0.15) is 55.7 Å². The topological polar surface area (TPSA) is 28.2 Å². The highest BCUT2D eigenvalue weighted by molar-refractivity contribution is 7.12. The van der Waals surface area contributed by atoms with E-state index in [1.807, 2.05) is 11.3 Å². The molecule has 3 nitrogen and oxygen atoms in total. The quantitative estimate of drug-likeness (QED) is 0.812. The zero-order valence-corrected chi connectivity index (χ0v) is 14.3. The van der Waals surface area contributed by atoms with Gasteiger partial charge >= 0.3 is 0 Å². The summed E-state index contributed by atoms with van der Waals surface area (Å²) in [4.78, 5) is 8.34. The SMILES string of the molecule is Cc1nc(C(C)(C)C)sc1C(C)NCCCN(C)C. The monoisotopic (exact) mass is 283 g/mol. The van der Waals surface area contributed by atoms with Gasteiger partial charge in [0, 0.05) is 16.3 Å². The van der Waals surface area contributed by atoms with E-state index in [1.54, 1.807) is 0 Å². The molecule has 1 rings (SSSR count). The molecule has 1 aromatic rings. The van der Waals surface area contributed by atoms with Crippen LogP contribution in [0.3, 0.4) is 0 Å². The van der Waals surface area contributed by atoms with E-state index >= 15 is 0 Å². The molecule has 1 heterocycles. The third-order valence-corrected chi connectivity index (χ3v) is 4.87. The number of hydrogen-bond donors (Lipinski definition) is 1. The largest absolute Gasteiger partial charge is 0.309 e. The third kappa shape index (κ3) is 5.21. The number of nitrogens with zero attached hydrogens (tertiary/aromatic N) is 2. The molecule has 1 N–H and O–H groups in total. The molecule has 0 aliphatic carbocycles. The van der Waals surface area contributed by atoms with Crippen LogP contribution in [0.15, 0.2) is 0 Å². The Morgan fingerprint density at radius 2 is 1.95 bits per heavy atom. The van der Waals surface area contributed by atoms with E-state index < -0.39 is 0 Å². The van der Waals surface area contributed by atoms with Crippen molar-refractivity contribution in [3.63, 3.8) is 0 Å². The molecule has 0 radical (unpaired) electrons. The number of rotatable bonds is 6. The van der Waals surface area contributed by atoms with Crippen LogP contribution >= 0.6 is 11.3 Å². The molecule has 0 spiro atoms. The highest BCUT2D eigenvalue weighted by Gasteiger charge is 2.22. The maximum Gasteiger partial charge on any atom is 0.0985 e. The highest BCUT2D eigenvalue weighted by atomic mass is 32.1. The van der Waals surface area contributed by atoms with Crippen LogP contribution < -0.4 is 5.32 Å². The zero-order valence-electron chi connectivity index (χ0n) is 13.5. The highest BCUT2D eigenvalue weighted by Crippen LogP contribution is 2.32. The minimum Gasteiger partial charge on any atom is -0.309 e. The van der Waals surface area contributed by atoms with Crippen LogP contribution in [0, 0.1) is 6.92 Å². The van der Waals surface area contributed by atoms with Crippen LogP contribution in [0.2, 0.25) is 0 Å². The standard InChI is InChI=1S/C15H29N3S/c1-11(16-9-8-10-18(6)7)13-12(2)17-14(19-13)15(3,4)5/h11,16H,8-10H2,1-7H3. The molecule has 1 aromatic heterocycles. The van der Waals surface area contributed by atoms with E-state index in [0.29, 0.717) is 6.04 Å². The summed E-state index contributed by atoms with van der Waals surface area (Å²) in [6, 6.07) is 0.399. The first-order chi connectivity index (χ1) is 8.71. The summed E-state index contributed by atoms with van der Waals surface area (Å²) in [5.41, 5.74) is 1.33. The number of nitrogens with one attached hydrogen (secondary N) is 1. The fourth-order valence-electron chi connectivity index (χ4n) is 1.94. The summed E-state index contributed by atoms with van der Waals surface area (Å²) in [5, 5.41) is 4.84. The molecule has 0 saturated heterocycles. The molecular formula is C15H29N3S. The third-order valence-electron chi connectivity index (χ3n) is 3.10. The Morgan fingerprint density at radius 3 is 2.42 bits per heavy atom. The van der Waals surface area contributed by atoms with Gasteiger partial charge in [0.15, 0.2) is 0 Å².